The van der Waals surface area contributed by atoms with E-state index in [4.69, 9.17) is 14.9 Å². The molecule has 1 aliphatic rings. The zero-order valence-electron chi connectivity index (χ0n) is 17.7. The minimum absolute atomic E-state index is 0.153. The lowest BCUT2D eigenvalue weighted by Gasteiger charge is -2.00. The van der Waals surface area contributed by atoms with E-state index in [0.717, 1.165) is 32.3 Å². The van der Waals surface area contributed by atoms with Crippen LogP contribution < -0.4 is 0 Å². The number of unbranched alkanes of at least 4 members (excludes halogenated alkanes) is 11. The summed E-state index contributed by atoms with van der Waals surface area (Å²) in [6.45, 7) is 3.29. The van der Waals surface area contributed by atoms with E-state index in [9.17, 15) is 4.79 Å². The molecule has 0 aromatic heterocycles. The molecule has 0 bridgehead atoms. The SMILES string of the molecule is CCCCCCCC/C=C\CCCCCCCC(=O)O.OCC1CCCO1. The number of aliphatic hydroxyl groups excluding tert-OH is 1. The molecule has 1 rings (SSSR count). The summed E-state index contributed by atoms with van der Waals surface area (Å²) in [4.78, 5) is 10.3. The highest BCUT2D eigenvalue weighted by molar-refractivity contribution is 5.66. The van der Waals surface area contributed by atoms with Crippen molar-refractivity contribution < 1.29 is 19.7 Å². The molecule has 27 heavy (non-hydrogen) atoms. The van der Waals surface area contributed by atoms with Crippen LogP contribution in [0.25, 0.3) is 0 Å². The number of rotatable bonds is 16. The van der Waals surface area contributed by atoms with Gasteiger partial charge in [0.25, 0.3) is 0 Å². The highest BCUT2D eigenvalue weighted by atomic mass is 16.5. The Bertz CT molecular complexity index is 335. The van der Waals surface area contributed by atoms with Crippen LogP contribution in [0.5, 0.6) is 0 Å². The Labute approximate surface area is 167 Å². The molecule has 0 radical (unpaired) electrons. The molecular weight excluding hydrogens is 340 g/mol. The topological polar surface area (TPSA) is 66.8 Å². The van der Waals surface area contributed by atoms with Crippen molar-refractivity contribution in [1.29, 1.82) is 0 Å². The molecule has 4 heteroatoms. The summed E-state index contributed by atoms with van der Waals surface area (Å²) in [6.07, 6.45) is 23.5. The van der Waals surface area contributed by atoms with Crippen LogP contribution >= 0.6 is 0 Å². The Morgan fingerprint density at radius 1 is 0.926 bits per heavy atom. The number of allylic oxidation sites excluding steroid dienone is 2. The van der Waals surface area contributed by atoms with Crippen molar-refractivity contribution in [3.63, 3.8) is 0 Å². The van der Waals surface area contributed by atoms with E-state index in [-0.39, 0.29) is 12.7 Å². The highest BCUT2D eigenvalue weighted by Crippen LogP contribution is 2.10. The second-order valence-corrected chi connectivity index (χ2v) is 7.55. The van der Waals surface area contributed by atoms with E-state index in [0.29, 0.717) is 6.42 Å². The molecule has 0 amide bonds. The fraction of sp³-hybridized carbons (Fsp3) is 0.870. The van der Waals surface area contributed by atoms with Gasteiger partial charge >= 0.3 is 5.97 Å². The van der Waals surface area contributed by atoms with Crippen LogP contribution in [0.4, 0.5) is 0 Å². The molecule has 0 spiro atoms. The maximum Gasteiger partial charge on any atom is 0.303 e. The van der Waals surface area contributed by atoms with Crippen molar-refractivity contribution in [2.75, 3.05) is 13.2 Å². The minimum atomic E-state index is -0.664. The molecule has 1 heterocycles. The van der Waals surface area contributed by atoms with Gasteiger partial charge in [-0.1, -0.05) is 70.4 Å². The summed E-state index contributed by atoms with van der Waals surface area (Å²) in [5.74, 6) is -0.664. The van der Waals surface area contributed by atoms with Gasteiger partial charge < -0.3 is 14.9 Å². The summed E-state index contributed by atoms with van der Waals surface area (Å²) in [6, 6.07) is 0. The van der Waals surface area contributed by atoms with Gasteiger partial charge in [-0.3, -0.25) is 4.79 Å². The number of aliphatic carboxylic acids is 1. The predicted molar refractivity (Wildman–Crippen MR) is 113 cm³/mol. The zero-order chi connectivity index (χ0) is 20.0. The van der Waals surface area contributed by atoms with Crippen molar-refractivity contribution in [2.45, 2.75) is 116 Å². The number of aliphatic hydroxyl groups is 1. The molecule has 1 fully saturated rings. The van der Waals surface area contributed by atoms with Crippen LogP contribution in [-0.4, -0.2) is 35.5 Å². The number of carboxylic acid groups (broad SMARTS) is 1. The van der Waals surface area contributed by atoms with Gasteiger partial charge in [0.05, 0.1) is 12.7 Å². The van der Waals surface area contributed by atoms with Gasteiger partial charge in [-0.2, -0.15) is 0 Å². The normalized spacial score (nSPS) is 16.4. The maximum atomic E-state index is 10.3. The van der Waals surface area contributed by atoms with Gasteiger partial charge in [-0.15, -0.1) is 0 Å². The van der Waals surface area contributed by atoms with Crippen LogP contribution in [0.2, 0.25) is 0 Å². The Hall–Kier alpha value is -0.870. The van der Waals surface area contributed by atoms with E-state index < -0.39 is 5.97 Å². The van der Waals surface area contributed by atoms with Gasteiger partial charge in [-0.05, 0) is 44.9 Å². The van der Waals surface area contributed by atoms with Gasteiger partial charge in [0.2, 0.25) is 0 Å². The smallest absolute Gasteiger partial charge is 0.303 e. The van der Waals surface area contributed by atoms with Crippen molar-refractivity contribution in [2.24, 2.45) is 0 Å². The predicted octanol–water partition coefficient (Wildman–Crippen LogP) is 6.27. The van der Waals surface area contributed by atoms with Gasteiger partial charge in [0.1, 0.15) is 0 Å². The number of hydrogen-bond donors (Lipinski definition) is 2. The lowest BCUT2D eigenvalue weighted by molar-refractivity contribution is -0.137. The highest BCUT2D eigenvalue weighted by Gasteiger charge is 2.12. The lowest BCUT2D eigenvalue weighted by Crippen LogP contribution is -2.09. The third-order valence-electron chi connectivity index (χ3n) is 4.88. The van der Waals surface area contributed by atoms with E-state index in [1.807, 2.05) is 0 Å². The molecule has 2 N–H and O–H groups in total. The van der Waals surface area contributed by atoms with Gasteiger partial charge in [0.15, 0.2) is 0 Å². The van der Waals surface area contributed by atoms with Gasteiger partial charge in [0, 0.05) is 13.0 Å². The second-order valence-electron chi connectivity index (χ2n) is 7.55. The quantitative estimate of drug-likeness (QED) is 0.243. The third kappa shape index (κ3) is 21.3. The van der Waals surface area contributed by atoms with E-state index in [1.165, 1.54) is 70.6 Å². The molecule has 1 unspecified atom stereocenters. The Balaban J connectivity index is 0.000000797. The fourth-order valence-electron chi connectivity index (χ4n) is 3.14. The van der Waals surface area contributed by atoms with Crippen molar-refractivity contribution >= 4 is 5.97 Å². The first kappa shape index (κ1) is 26.1. The van der Waals surface area contributed by atoms with Crippen molar-refractivity contribution in [1.82, 2.24) is 0 Å². The minimum Gasteiger partial charge on any atom is -0.481 e. The fourth-order valence-corrected chi connectivity index (χ4v) is 3.14. The average molecular weight is 385 g/mol. The Morgan fingerprint density at radius 3 is 1.93 bits per heavy atom. The Kier molecular flexibility index (Phi) is 20.7. The van der Waals surface area contributed by atoms with E-state index in [1.54, 1.807) is 0 Å². The third-order valence-corrected chi connectivity index (χ3v) is 4.88. The van der Waals surface area contributed by atoms with Crippen LogP contribution in [-0.2, 0) is 9.53 Å². The molecule has 1 saturated heterocycles. The molecular formula is C23H44O4. The molecule has 0 aliphatic carbocycles. The van der Waals surface area contributed by atoms with E-state index >= 15 is 0 Å². The lowest BCUT2D eigenvalue weighted by atomic mass is 10.1. The van der Waals surface area contributed by atoms with Crippen molar-refractivity contribution in [3.05, 3.63) is 12.2 Å². The first-order chi connectivity index (χ1) is 13.2. The summed E-state index contributed by atoms with van der Waals surface area (Å²) in [5.41, 5.74) is 0. The molecule has 0 saturated carbocycles. The zero-order valence-corrected chi connectivity index (χ0v) is 17.7. The van der Waals surface area contributed by atoms with Crippen LogP contribution in [0, 0.1) is 0 Å². The standard InChI is InChI=1S/C18H34O2.C5H10O2/c1-2-3-4-5-6-7-8-9-10-11-12-13-14-15-16-17-18(19)20;6-4-5-2-1-3-7-5/h9-10H,2-8,11-17H2,1H3,(H,19,20);5-6H,1-4H2/b10-9-;. The molecule has 0 aromatic carbocycles. The summed E-state index contributed by atoms with van der Waals surface area (Å²) in [5, 5.41) is 16.9. The van der Waals surface area contributed by atoms with Crippen LogP contribution in [0.15, 0.2) is 12.2 Å². The number of carbonyl (C=O) groups is 1. The molecule has 0 aromatic rings. The monoisotopic (exact) mass is 384 g/mol. The first-order valence-electron chi connectivity index (χ1n) is 11.3. The number of hydrogen-bond acceptors (Lipinski definition) is 3. The second kappa shape index (κ2) is 21.4. The van der Waals surface area contributed by atoms with Crippen LogP contribution in [0.3, 0.4) is 0 Å². The summed E-state index contributed by atoms with van der Waals surface area (Å²) >= 11 is 0. The largest absolute Gasteiger partial charge is 0.481 e. The van der Waals surface area contributed by atoms with E-state index in [2.05, 4.69) is 19.1 Å². The molecule has 4 nitrogen and oxygen atoms in total. The first-order valence-corrected chi connectivity index (χ1v) is 11.3. The number of carboxylic acids is 1. The Morgan fingerprint density at radius 2 is 1.48 bits per heavy atom. The molecule has 1 atom stereocenters. The summed E-state index contributed by atoms with van der Waals surface area (Å²) < 4.78 is 5.05. The molecule has 160 valence electrons. The van der Waals surface area contributed by atoms with Gasteiger partial charge in [-0.25, -0.2) is 0 Å². The molecule has 1 aliphatic heterocycles. The van der Waals surface area contributed by atoms with Crippen molar-refractivity contribution in [3.8, 4) is 0 Å². The van der Waals surface area contributed by atoms with Crippen LogP contribution in [0.1, 0.15) is 110 Å². The maximum absolute atomic E-state index is 10.3. The average Bonchev–Trinajstić information content (AvgIpc) is 3.19. The summed E-state index contributed by atoms with van der Waals surface area (Å²) in [7, 11) is 0. The number of ether oxygens (including phenoxy) is 1.